The standard InChI is InChI=1S/C10H19N3S/c1-8(9-5-6-12-13-9)11-7-10(2,3)14-4/h5-6,8,11H,7H2,1-4H3,(H,12,13). The number of nitrogens with one attached hydrogen (secondary N) is 2. The number of thioether (sulfide) groups is 1. The molecule has 3 nitrogen and oxygen atoms in total. The lowest BCUT2D eigenvalue weighted by Gasteiger charge is -2.24. The number of rotatable bonds is 5. The van der Waals surface area contributed by atoms with Crippen molar-refractivity contribution in [1.29, 1.82) is 0 Å². The Labute approximate surface area is 90.1 Å². The number of H-pyrrole nitrogens is 1. The zero-order valence-electron chi connectivity index (χ0n) is 9.29. The van der Waals surface area contributed by atoms with Crippen molar-refractivity contribution in [3.8, 4) is 0 Å². The third-order valence-corrected chi connectivity index (χ3v) is 3.62. The van der Waals surface area contributed by atoms with Crippen LogP contribution < -0.4 is 5.32 Å². The van der Waals surface area contributed by atoms with Crippen LogP contribution in [-0.2, 0) is 0 Å². The summed E-state index contributed by atoms with van der Waals surface area (Å²) in [5.74, 6) is 0. The first-order chi connectivity index (χ1) is 6.55. The van der Waals surface area contributed by atoms with E-state index in [0.29, 0.717) is 6.04 Å². The van der Waals surface area contributed by atoms with Gasteiger partial charge in [0.15, 0.2) is 0 Å². The predicted molar refractivity (Wildman–Crippen MR) is 62.6 cm³/mol. The Morgan fingerprint density at radius 2 is 2.36 bits per heavy atom. The molecule has 2 N–H and O–H groups in total. The minimum Gasteiger partial charge on any atom is -0.308 e. The average Bonchev–Trinajstić information content (AvgIpc) is 2.67. The van der Waals surface area contributed by atoms with Crippen LogP contribution in [0.3, 0.4) is 0 Å². The number of aromatic nitrogens is 2. The molecule has 1 heterocycles. The molecule has 0 aliphatic carbocycles. The van der Waals surface area contributed by atoms with Crippen molar-refractivity contribution in [2.75, 3.05) is 12.8 Å². The normalized spacial score (nSPS) is 14.3. The lowest BCUT2D eigenvalue weighted by molar-refractivity contribution is 0.514. The van der Waals surface area contributed by atoms with E-state index < -0.39 is 0 Å². The Balaban J connectivity index is 2.39. The highest BCUT2D eigenvalue weighted by Gasteiger charge is 2.17. The van der Waals surface area contributed by atoms with E-state index in [4.69, 9.17) is 0 Å². The number of nitrogens with zero attached hydrogens (tertiary/aromatic N) is 1. The molecule has 1 atom stereocenters. The maximum Gasteiger partial charge on any atom is 0.0518 e. The van der Waals surface area contributed by atoms with Gasteiger partial charge in [0.05, 0.1) is 5.69 Å². The minimum atomic E-state index is 0.286. The van der Waals surface area contributed by atoms with Gasteiger partial charge in [-0.3, -0.25) is 5.10 Å². The highest BCUT2D eigenvalue weighted by atomic mass is 32.2. The molecule has 0 amide bonds. The molecular formula is C10H19N3S. The Kier molecular flexibility index (Phi) is 4.01. The van der Waals surface area contributed by atoms with Gasteiger partial charge in [0.25, 0.3) is 0 Å². The SMILES string of the molecule is CSC(C)(C)CNC(C)c1ccn[nH]1. The summed E-state index contributed by atoms with van der Waals surface area (Å²) in [6, 6.07) is 2.34. The van der Waals surface area contributed by atoms with Crippen LogP contribution in [0.2, 0.25) is 0 Å². The van der Waals surface area contributed by atoms with Crippen molar-refractivity contribution in [2.24, 2.45) is 0 Å². The van der Waals surface area contributed by atoms with Crippen molar-refractivity contribution >= 4 is 11.8 Å². The second kappa shape index (κ2) is 4.84. The van der Waals surface area contributed by atoms with Crippen molar-refractivity contribution in [3.05, 3.63) is 18.0 Å². The van der Waals surface area contributed by atoms with Gasteiger partial charge in [-0.25, -0.2) is 0 Å². The van der Waals surface area contributed by atoms with E-state index in [1.165, 1.54) is 0 Å². The molecule has 0 fully saturated rings. The minimum absolute atomic E-state index is 0.286. The molecule has 1 aromatic rings. The lowest BCUT2D eigenvalue weighted by Crippen LogP contribution is -2.33. The molecule has 0 bridgehead atoms. The summed E-state index contributed by atoms with van der Waals surface area (Å²) in [5, 5.41) is 10.4. The van der Waals surface area contributed by atoms with Crippen LogP contribution >= 0.6 is 11.8 Å². The van der Waals surface area contributed by atoms with E-state index in [1.807, 2.05) is 17.8 Å². The van der Waals surface area contributed by atoms with E-state index >= 15 is 0 Å². The summed E-state index contributed by atoms with van der Waals surface area (Å²) in [4.78, 5) is 0. The Morgan fingerprint density at radius 1 is 1.64 bits per heavy atom. The molecule has 14 heavy (non-hydrogen) atoms. The summed E-state index contributed by atoms with van der Waals surface area (Å²) in [5.41, 5.74) is 1.14. The van der Waals surface area contributed by atoms with Crippen LogP contribution in [0.1, 0.15) is 32.5 Å². The molecule has 1 unspecified atom stereocenters. The van der Waals surface area contributed by atoms with Crippen molar-refractivity contribution in [2.45, 2.75) is 31.6 Å². The molecule has 4 heteroatoms. The van der Waals surface area contributed by atoms with Crippen LogP contribution in [0.15, 0.2) is 12.3 Å². The summed E-state index contributed by atoms with van der Waals surface area (Å²) in [6.45, 7) is 7.62. The number of hydrogen-bond acceptors (Lipinski definition) is 3. The van der Waals surface area contributed by atoms with Gasteiger partial charge < -0.3 is 5.32 Å². The van der Waals surface area contributed by atoms with Gasteiger partial charge in [0, 0.05) is 23.5 Å². The molecule has 0 aliphatic heterocycles. The molecule has 1 rings (SSSR count). The molecule has 80 valence electrons. The largest absolute Gasteiger partial charge is 0.308 e. The molecule has 0 aliphatic rings. The van der Waals surface area contributed by atoms with Crippen molar-refractivity contribution in [1.82, 2.24) is 15.5 Å². The lowest BCUT2D eigenvalue weighted by atomic mass is 10.1. The summed E-state index contributed by atoms with van der Waals surface area (Å²) < 4.78 is 0.286. The quantitative estimate of drug-likeness (QED) is 0.788. The fourth-order valence-corrected chi connectivity index (χ4v) is 1.32. The second-order valence-corrected chi connectivity index (χ2v) is 5.59. The van der Waals surface area contributed by atoms with Crippen LogP contribution in [0.5, 0.6) is 0 Å². The van der Waals surface area contributed by atoms with Gasteiger partial charge in [0.1, 0.15) is 0 Å². The van der Waals surface area contributed by atoms with Gasteiger partial charge in [0.2, 0.25) is 0 Å². The predicted octanol–water partition coefficient (Wildman–Crippen LogP) is 2.20. The molecule has 0 radical (unpaired) electrons. The number of aromatic amines is 1. The molecule has 0 aromatic carbocycles. The van der Waals surface area contributed by atoms with E-state index in [-0.39, 0.29) is 4.75 Å². The van der Waals surface area contributed by atoms with E-state index in [2.05, 4.69) is 42.5 Å². The third-order valence-electron chi connectivity index (χ3n) is 2.38. The first kappa shape index (κ1) is 11.6. The maximum atomic E-state index is 3.94. The zero-order valence-corrected chi connectivity index (χ0v) is 10.1. The first-order valence-corrected chi connectivity index (χ1v) is 6.05. The van der Waals surface area contributed by atoms with Gasteiger partial charge >= 0.3 is 0 Å². The van der Waals surface area contributed by atoms with Crippen molar-refractivity contribution in [3.63, 3.8) is 0 Å². The molecule has 0 saturated carbocycles. The molecule has 0 spiro atoms. The average molecular weight is 213 g/mol. The summed E-state index contributed by atoms with van der Waals surface area (Å²) >= 11 is 1.88. The van der Waals surface area contributed by atoms with E-state index in [1.54, 1.807) is 6.20 Å². The Morgan fingerprint density at radius 3 is 2.86 bits per heavy atom. The van der Waals surface area contributed by atoms with Crippen LogP contribution in [0, 0.1) is 0 Å². The second-order valence-electron chi connectivity index (χ2n) is 4.08. The number of hydrogen-bond donors (Lipinski definition) is 2. The zero-order chi connectivity index (χ0) is 10.6. The fourth-order valence-electron chi connectivity index (χ4n) is 1.09. The summed E-state index contributed by atoms with van der Waals surface area (Å²) in [7, 11) is 0. The smallest absolute Gasteiger partial charge is 0.0518 e. The molecule has 0 saturated heterocycles. The van der Waals surface area contributed by atoms with Crippen LogP contribution in [0.4, 0.5) is 0 Å². The third kappa shape index (κ3) is 3.35. The highest BCUT2D eigenvalue weighted by molar-refractivity contribution is 7.99. The van der Waals surface area contributed by atoms with Gasteiger partial charge in [-0.05, 0) is 33.1 Å². The van der Waals surface area contributed by atoms with Crippen LogP contribution in [-0.4, -0.2) is 27.7 Å². The topological polar surface area (TPSA) is 40.7 Å². The fraction of sp³-hybridized carbons (Fsp3) is 0.700. The van der Waals surface area contributed by atoms with Gasteiger partial charge in [-0.15, -0.1) is 0 Å². The Hall–Kier alpha value is -0.480. The first-order valence-electron chi connectivity index (χ1n) is 4.83. The maximum absolute atomic E-state index is 3.94. The highest BCUT2D eigenvalue weighted by Crippen LogP contribution is 2.21. The van der Waals surface area contributed by atoms with Gasteiger partial charge in [-0.1, -0.05) is 0 Å². The van der Waals surface area contributed by atoms with E-state index in [0.717, 1.165) is 12.2 Å². The van der Waals surface area contributed by atoms with Crippen molar-refractivity contribution < 1.29 is 0 Å². The molecular weight excluding hydrogens is 194 g/mol. The van der Waals surface area contributed by atoms with E-state index in [9.17, 15) is 0 Å². The Bertz CT molecular complexity index is 256. The molecule has 1 aromatic heterocycles. The monoisotopic (exact) mass is 213 g/mol. The summed E-state index contributed by atoms with van der Waals surface area (Å²) in [6.07, 6.45) is 3.93. The van der Waals surface area contributed by atoms with Crippen LogP contribution in [0.25, 0.3) is 0 Å². The van der Waals surface area contributed by atoms with Gasteiger partial charge in [-0.2, -0.15) is 16.9 Å².